The summed E-state index contributed by atoms with van der Waals surface area (Å²) < 4.78 is 50.1. The lowest BCUT2D eigenvalue weighted by atomic mass is 9.98. The Labute approximate surface area is 174 Å². The molecular weight excluding hydrogens is 438 g/mol. The van der Waals surface area contributed by atoms with Crippen molar-refractivity contribution in [3.8, 4) is 11.8 Å². The van der Waals surface area contributed by atoms with E-state index in [4.69, 9.17) is 22.5 Å². The van der Waals surface area contributed by atoms with Gasteiger partial charge in [-0.2, -0.15) is 0 Å². The maximum Gasteiger partial charge on any atom is 0.251 e. The minimum atomic E-state index is -4.62. The third kappa shape index (κ3) is 5.13. The van der Waals surface area contributed by atoms with E-state index in [0.29, 0.717) is 0 Å². The number of carbonyl (C=O) groups is 1. The van der Waals surface area contributed by atoms with Crippen LogP contribution in [0.4, 0.5) is 0 Å². The molecule has 0 unspecified atom stereocenters. The lowest BCUT2D eigenvalue weighted by Gasteiger charge is -2.12. The standard InChI is InChI=1S/C18H18ClN3O5S2/c1-18(2,3)9-8-13-12(19)10-11(16(20)23)17(22-13)28(24,25)14-6-4-5-7-15(14)29(21,26)27/h4-7,10H,1-3H3,(H2,20,23)(H2,21,26,27). The van der Waals surface area contributed by atoms with Gasteiger partial charge in [-0.25, -0.2) is 27.0 Å². The van der Waals surface area contributed by atoms with Gasteiger partial charge in [-0.3, -0.25) is 4.79 Å². The molecule has 0 aliphatic heterocycles. The number of amides is 1. The van der Waals surface area contributed by atoms with Gasteiger partial charge in [0, 0.05) is 5.41 Å². The van der Waals surface area contributed by atoms with Gasteiger partial charge in [0.15, 0.2) is 5.03 Å². The van der Waals surface area contributed by atoms with Crippen LogP contribution in [0.1, 0.15) is 36.8 Å². The van der Waals surface area contributed by atoms with E-state index in [2.05, 4.69) is 16.8 Å². The van der Waals surface area contributed by atoms with Crippen LogP contribution in [-0.2, 0) is 19.9 Å². The normalized spacial score (nSPS) is 12.2. The number of hydrogen-bond donors (Lipinski definition) is 2. The zero-order valence-corrected chi connectivity index (χ0v) is 18.1. The average Bonchev–Trinajstić information content (AvgIpc) is 2.58. The summed E-state index contributed by atoms with van der Waals surface area (Å²) in [6.45, 7) is 5.48. The third-order valence-electron chi connectivity index (χ3n) is 3.46. The number of halogens is 1. The fraction of sp³-hybridized carbons (Fsp3) is 0.222. The minimum Gasteiger partial charge on any atom is -0.366 e. The highest BCUT2D eigenvalue weighted by atomic mass is 35.5. The number of nitrogens with zero attached hydrogens (tertiary/aromatic N) is 1. The largest absolute Gasteiger partial charge is 0.366 e. The van der Waals surface area contributed by atoms with E-state index in [1.54, 1.807) is 0 Å². The molecule has 0 aliphatic carbocycles. The predicted octanol–water partition coefficient (Wildman–Crippen LogP) is 1.71. The van der Waals surface area contributed by atoms with Gasteiger partial charge in [0.25, 0.3) is 5.91 Å². The van der Waals surface area contributed by atoms with Crippen LogP contribution < -0.4 is 10.9 Å². The van der Waals surface area contributed by atoms with Crippen LogP contribution >= 0.6 is 11.6 Å². The molecule has 154 valence electrons. The molecular formula is C18H18ClN3O5S2. The zero-order valence-electron chi connectivity index (χ0n) is 15.7. The van der Waals surface area contributed by atoms with Crippen molar-refractivity contribution < 1.29 is 21.6 Å². The van der Waals surface area contributed by atoms with Gasteiger partial charge in [0.1, 0.15) is 10.6 Å². The number of sulfonamides is 1. The molecule has 11 heteroatoms. The summed E-state index contributed by atoms with van der Waals surface area (Å²) >= 11 is 6.09. The molecule has 1 heterocycles. The van der Waals surface area contributed by atoms with E-state index in [0.717, 1.165) is 18.2 Å². The molecule has 0 saturated carbocycles. The number of hydrogen-bond acceptors (Lipinski definition) is 6. The second-order valence-corrected chi connectivity index (χ2v) is 10.8. The highest BCUT2D eigenvalue weighted by molar-refractivity contribution is 7.93. The highest BCUT2D eigenvalue weighted by Gasteiger charge is 2.31. The number of pyridine rings is 1. The Kier molecular flexibility index (Phi) is 6.11. The molecule has 1 amide bonds. The Balaban J connectivity index is 2.89. The fourth-order valence-electron chi connectivity index (χ4n) is 2.20. The number of nitrogens with two attached hydrogens (primary N) is 2. The summed E-state index contributed by atoms with van der Waals surface area (Å²) in [6, 6.07) is 5.72. The monoisotopic (exact) mass is 455 g/mol. The molecule has 2 rings (SSSR count). The quantitative estimate of drug-likeness (QED) is 0.669. The first-order chi connectivity index (χ1) is 13.1. The second kappa shape index (κ2) is 7.76. The number of aromatic nitrogens is 1. The summed E-state index contributed by atoms with van der Waals surface area (Å²) in [5.41, 5.74) is 4.26. The van der Waals surface area contributed by atoms with Crippen LogP contribution in [0.15, 0.2) is 45.1 Å². The second-order valence-electron chi connectivity index (χ2n) is 7.03. The van der Waals surface area contributed by atoms with E-state index >= 15 is 0 Å². The molecule has 8 nitrogen and oxygen atoms in total. The number of sulfone groups is 1. The molecule has 0 fully saturated rings. The molecule has 2 aromatic rings. The van der Waals surface area contributed by atoms with Crippen molar-refractivity contribution in [2.75, 3.05) is 0 Å². The Morgan fingerprint density at radius 2 is 1.66 bits per heavy atom. The Bertz CT molecular complexity index is 1270. The molecule has 1 aromatic heterocycles. The van der Waals surface area contributed by atoms with E-state index in [-0.39, 0.29) is 10.7 Å². The maximum absolute atomic E-state index is 13.2. The molecule has 0 radical (unpaired) electrons. The van der Waals surface area contributed by atoms with Gasteiger partial charge < -0.3 is 5.73 Å². The van der Waals surface area contributed by atoms with Gasteiger partial charge in [-0.1, -0.05) is 29.7 Å². The Morgan fingerprint density at radius 1 is 1.10 bits per heavy atom. The van der Waals surface area contributed by atoms with Crippen LogP contribution in [0.2, 0.25) is 5.02 Å². The minimum absolute atomic E-state index is 0.0748. The Morgan fingerprint density at radius 3 is 2.14 bits per heavy atom. The molecule has 0 spiro atoms. The summed E-state index contributed by atoms with van der Waals surface area (Å²) in [7, 11) is -9.00. The van der Waals surface area contributed by atoms with Crippen LogP contribution in [0.25, 0.3) is 0 Å². The van der Waals surface area contributed by atoms with Crippen molar-refractivity contribution in [2.24, 2.45) is 16.3 Å². The molecule has 0 aliphatic rings. The summed E-state index contributed by atoms with van der Waals surface area (Å²) in [6.07, 6.45) is 0. The van der Waals surface area contributed by atoms with Gasteiger partial charge in [0.2, 0.25) is 19.9 Å². The highest BCUT2D eigenvalue weighted by Crippen LogP contribution is 2.30. The van der Waals surface area contributed by atoms with Crippen LogP contribution in [-0.4, -0.2) is 27.7 Å². The molecule has 4 N–H and O–H groups in total. The topological polar surface area (TPSA) is 150 Å². The van der Waals surface area contributed by atoms with Crippen molar-refractivity contribution in [3.63, 3.8) is 0 Å². The van der Waals surface area contributed by atoms with Crippen LogP contribution in [0, 0.1) is 17.3 Å². The van der Waals surface area contributed by atoms with E-state index < -0.39 is 51.6 Å². The SMILES string of the molecule is CC(C)(C)C#Cc1nc(S(=O)(=O)c2ccccc2S(N)(=O)=O)c(C(N)=O)cc1Cl. The number of carbonyl (C=O) groups excluding carboxylic acids is 1. The van der Waals surface area contributed by atoms with E-state index in [1.807, 2.05) is 20.8 Å². The number of primary amides is 1. The van der Waals surface area contributed by atoms with Gasteiger partial charge >= 0.3 is 0 Å². The van der Waals surface area contributed by atoms with Crippen molar-refractivity contribution in [1.29, 1.82) is 0 Å². The summed E-state index contributed by atoms with van der Waals surface area (Å²) in [5, 5.41) is 4.30. The molecule has 29 heavy (non-hydrogen) atoms. The average molecular weight is 456 g/mol. The smallest absolute Gasteiger partial charge is 0.251 e. The first kappa shape index (κ1) is 22.8. The summed E-state index contributed by atoms with van der Waals surface area (Å²) in [5.74, 6) is 4.42. The van der Waals surface area contributed by atoms with Crippen molar-refractivity contribution in [1.82, 2.24) is 4.98 Å². The number of primary sulfonamides is 1. The van der Waals surface area contributed by atoms with E-state index in [9.17, 15) is 21.6 Å². The lowest BCUT2D eigenvalue weighted by molar-refractivity contribution is 0.0996. The van der Waals surface area contributed by atoms with Crippen molar-refractivity contribution >= 4 is 37.4 Å². The summed E-state index contributed by atoms with van der Waals surface area (Å²) in [4.78, 5) is 14.5. The molecule has 0 atom stereocenters. The van der Waals surface area contributed by atoms with Gasteiger partial charge in [0.05, 0.1) is 15.5 Å². The van der Waals surface area contributed by atoms with E-state index in [1.165, 1.54) is 12.1 Å². The fourth-order valence-corrected chi connectivity index (χ4v) is 5.15. The third-order valence-corrected chi connectivity index (χ3v) is 6.60. The maximum atomic E-state index is 13.2. The number of benzene rings is 1. The number of rotatable bonds is 4. The van der Waals surface area contributed by atoms with Crippen molar-refractivity contribution in [3.05, 3.63) is 46.6 Å². The first-order valence-electron chi connectivity index (χ1n) is 8.05. The van der Waals surface area contributed by atoms with Crippen LogP contribution in [0.5, 0.6) is 0 Å². The Hall–Kier alpha value is -2.45. The van der Waals surface area contributed by atoms with Gasteiger partial charge in [-0.05, 0) is 44.9 Å². The first-order valence-corrected chi connectivity index (χ1v) is 11.5. The predicted molar refractivity (Wildman–Crippen MR) is 107 cm³/mol. The molecule has 1 aromatic carbocycles. The lowest BCUT2D eigenvalue weighted by Crippen LogP contribution is -2.21. The van der Waals surface area contributed by atoms with Gasteiger partial charge in [-0.15, -0.1) is 0 Å². The molecule has 0 saturated heterocycles. The molecule has 0 bridgehead atoms. The van der Waals surface area contributed by atoms with Crippen molar-refractivity contribution in [2.45, 2.75) is 35.6 Å². The zero-order chi connectivity index (χ0) is 22.2. The van der Waals surface area contributed by atoms with Crippen LogP contribution in [0.3, 0.4) is 0 Å².